The number of amides is 1. The molecule has 0 unspecified atom stereocenters. The van der Waals surface area contributed by atoms with Gasteiger partial charge in [0.25, 0.3) is 0 Å². The topological polar surface area (TPSA) is 72.1 Å². The SMILES string of the molecule is CCN(c1cccc(CC(N)=O)c1C)c1nc(Cl)ncc1F. The molecule has 0 saturated heterocycles. The van der Waals surface area contributed by atoms with E-state index in [0.717, 1.165) is 23.0 Å². The van der Waals surface area contributed by atoms with Crippen LogP contribution in [0.25, 0.3) is 0 Å². The molecule has 0 aliphatic rings. The predicted octanol–water partition coefficient (Wildman–Crippen LogP) is 2.76. The van der Waals surface area contributed by atoms with Crippen LogP contribution in [0.3, 0.4) is 0 Å². The first-order valence-corrected chi connectivity index (χ1v) is 7.14. The molecule has 5 nitrogen and oxygen atoms in total. The van der Waals surface area contributed by atoms with Crippen molar-refractivity contribution < 1.29 is 9.18 Å². The lowest BCUT2D eigenvalue weighted by atomic mass is 10.0. The van der Waals surface area contributed by atoms with Crippen LogP contribution in [0.1, 0.15) is 18.1 Å². The zero-order valence-electron chi connectivity index (χ0n) is 12.3. The Hall–Kier alpha value is -2.21. The first-order valence-electron chi connectivity index (χ1n) is 6.76. The Morgan fingerprint density at radius 3 is 2.82 bits per heavy atom. The molecule has 0 aliphatic heterocycles. The van der Waals surface area contributed by atoms with Gasteiger partial charge in [-0.25, -0.2) is 9.37 Å². The lowest BCUT2D eigenvalue weighted by Crippen LogP contribution is -2.21. The third-order valence-electron chi connectivity index (χ3n) is 3.34. The summed E-state index contributed by atoms with van der Waals surface area (Å²) in [6.07, 6.45) is 1.17. The summed E-state index contributed by atoms with van der Waals surface area (Å²) in [5, 5.41) is -0.0270. The number of hydrogen-bond donors (Lipinski definition) is 1. The van der Waals surface area contributed by atoms with Crippen LogP contribution >= 0.6 is 11.6 Å². The monoisotopic (exact) mass is 322 g/mol. The summed E-state index contributed by atoms with van der Waals surface area (Å²) in [6, 6.07) is 5.45. The van der Waals surface area contributed by atoms with Crippen molar-refractivity contribution in [2.75, 3.05) is 11.4 Å². The Kier molecular flexibility index (Phi) is 4.92. The molecule has 0 atom stereocenters. The van der Waals surface area contributed by atoms with E-state index in [0.29, 0.717) is 6.54 Å². The lowest BCUT2D eigenvalue weighted by Gasteiger charge is -2.25. The largest absolute Gasteiger partial charge is 0.369 e. The van der Waals surface area contributed by atoms with Gasteiger partial charge in [0.1, 0.15) is 0 Å². The van der Waals surface area contributed by atoms with Crippen LogP contribution in [0.15, 0.2) is 24.4 Å². The molecule has 116 valence electrons. The van der Waals surface area contributed by atoms with E-state index >= 15 is 0 Å². The van der Waals surface area contributed by atoms with Crippen molar-refractivity contribution >= 4 is 29.0 Å². The van der Waals surface area contributed by atoms with Crippen molar-refractivity contribution in [2.24, 2.45) is 5.73 Å². The van der Waals surface area contributed by atoms with Crippen LogP contribution < -0.4 is 10.6 Å². The van der Waals surface area contributed by atoms with Gasteiger partial charge in [0.2, 0.25) is 11.2 Å². The van der Waals surface area contributed by atoms with E-state index < -0.39 is 11.7 Å². The van der Waals surface area contributed by atoms with E-state index in [1.807, 2.05) is 26.0 Å². The first kappa shape index (κ1) is 16.2. The second-order valence-corrected chi connectivity index (χ2v) is 5.10. The van der Waals surface area contributed by atoms with Gasteiger partial charge >= 0.3 is 0 Å². The molecular weight excluding hydrogens is 307 g/mol. The van der Waals surface area contributed by atoms with Gasteiger partial charge in [0.05, 0.1) is 12.6 Å². The Bertz CT molecular complexity index is 708. The summed E-state index contributed by atoms with van der Waals surface area (Å²) in [5.74, 6) is -0.882. The molecule has 0 aliphatic carbocycles. The molecule has 0 spiro atoms. The van der Waals surface area contributed by atoms with Gasteiger partial charge < -0.3 is 10.6 Å². The summed E-state index contributed by atoms with van der Waals surface area (Å²) >= 11 is 5.77. The normalized spacial score (nSPS) is 10.5. The highest BCUT2D eigenvalue weighted by Crippen LogP contribution is 2.30. The van der Waals surface area contributed by atoms with Crippen molar-refractivity contribution in [3.05, 3.63) is 46.6 Å². The number of anilines is 2. The molecule has 2 rings (SSSR count). The molecule has 1 aromatic heterocycles. The molecule has 7 heteroatoms. The number of carbonyl (C=O) groups is 1. The van der Waals surface area contributed by atoms with E-state index in [-0.39, 0.29) is 17.5 Å². The zero-order valence-corrected chi connectivity index (χ0v) is 13.1. The minimum Gasteiger partial charge on any atom is -0.369 e. The summed E-state index contributed by atoms with van der Waals surface area (Å²) in [4.78, 5) is 20.4. The average Bonchev–Trinajstić information content (AvgIpc) is 2.46. The minimum absolute atomic E-state index is 0.0270. The maximum Gasteiger partial charge on any atom is 0.224 e. The molecule has 0 fully saturated rings. The molecule has 2 aromatic rings. The van der Waals surface area contributed by atoms with Crippen LogP contribution in [0.5, 0.6) is 0 Å². The maximum absolute atomic E-state index is 14.0. The second-order valence-electron chi connectivity index (χ2n) is 4.76. The lowest BCUT2D eigenvalue weighted by molar-refractivity contribution is -0.117. The van der Waals surface area contributed by atoms with E-state index in [4.69, 9.17) is 17.3 Å². The third-order valence-corrected chi connectivity index (χ3v) is 3.52. The number of aromatic nitrogens is 2. The van der Waals surface area contributed by atoms with Gasteiger partial charge in [0.15, 0.2) is 11.6 Å². The number of hydrogen-bond acceptors (Lipinski definition) is 4. The fourth-order valence-corrected chi connectivity index (χ4v) is 2.43. The third kappa shape index (κ3) is 3.33. The highest BCUT2D eigenvalue weighted by atomic mass is 35.5. The summed E-state index contributed by atoms with van der Waals surface area (Å²) in [5.41, 5.74) is 7.64. The van der Waals surface area contributed by atoms with Gasteiger partial charge in [0, 0.05) is 12.2 Å². The zero-order chi connectivity index (χ0) is 16.3. The van der Waals surface area contributed by atoms with Crippen molar-refractivity contribution in [1.29, 1.82) is 0 Å². The number of rotatable bonds is 5. The summed E-state index contributed by atoms with van der Waals surface area (Å²) in [7, 11) is 0. The van der Waals surface area contributed by atoms with Gasteiger partial charge in [-0.1, -0.05) is 12.1 Å². The van der Waals surface area contributed by atoms with Crippen LogP contribution in [0, 0.1) is 12.7 Å². The van der Waals surface area contributed by atoms with E-state index in [9.17, 15) is 9.18 Å². The number of carbonyl (C=O) groups excluding carboxylic acids is 1. The number of benzene rings is 1. The van der Waals surface area contributed by atoms with E-state index in [2.05, 4.69) is 9.97 Å². The van der Waals surface area contributed by atoms with E-state index in [1.165, 1.54) is 0 Å². The smallest absolute Gasteiger partial charge is 0.224 e. The van der Waals surface area contributed by atoms with Crippen LogP contribution in [0.4, 0.5) is 15.9 Å². The number of nitrogens with zero attached hydrogens (tertiary/aromatic N) is 3. The summed E-state index contributed by atoms with van der Waals surface area (Å²) in [6.45, 7) is 4.21. The molecule has 22 heavy (non-hydrogen) atoms. The maximum atomic E-state index is 14.0. The Labute approximate surface area is 132 Å². The van der Waals surface area contributed by atoms with Gasteiger partial charge in [-0.2, -0.15) is 4.98 Å². The molecule has 1 heterocycles. The standard InChI is InChI=1S/C15H16ClFN4O/c1-3-21(14-11(17)8-19-15(16)20-14)12-6-4-5-10(9(12)2)7-13(18)22/h4-6,8H,3,7H2,1-2H3,(H2,18,22). The first-order chi connectivity index (χ1) is 10.4. The van der Waals surface area contributed by atoms with Crippen molar-refractivity contribution in [3.8, 4) is 0 Å². The summed E-state index contributed by atoms with van der Waals surface area (Å²) < 4.78 is 14.0. The highest BCUT2D eigenvalue weighted by Gasteiger charge is 2.18. The van der Waals surface area contributed by atoms with Crippen LogP contribution in [-0.4, -0.2) is 22.4 Å². The quantitative estimate of drug-likeness (QED) is 0.859. The molecule has 0 bridgehead atoms. The van der Waals surface area contributed by atoms with Crippen molar-refractivity contribution in [1.82, 2.24) is 9.97 Å². The van der Waals surface area contributed by atoms with Gasteiger partial charge in [-0.05, 0) is 42.6 Å². The Morgan fingerprint density at radius 1 is 1.45 bits per heavy atom. The van der Waals surface area contributed by atoms with Crippen molar-refractivity contribution in [2.45, 2.75) is 20.3 Å². The molecule has 1 aromatic carbocycles. The number of primary amides is 1. The molecule has 0 saturated carbocycles. The molecule has 2 N–H and O–H groups in total. The fraction of sp³-hybridized carbons (Fsp3) is 0.267. The van der Waals surface area contributed by atoms with Crippen LogP contribution in [-0.2, 0) is 11.2 Å². The molecule has 1 amide bonds. The van der Waals surface area contributed by atoms with E-state index in [1.54, 1.807) is 11.0 Å². The van der Waals surface area contributed by atoms with Gasteiger partial charge in [-0.3, -0.25) is 4.79 Å². The highest BCUT2D eigenvalue weighted by molar-refractivity contribution is 6.28. The number of nitrogens with two attached hydrogens (primary N) is 1. The number of halogens is 2. The molecular formula is C15H16ClFN4O. The minimum atomic E-state index is -0.564. The van der Waals surface area contributed by atoms with Crippen molar-refractivity contribution in [3.63, 3.8) is 0 Å². The van der Waals surface area contributed by atoms with Gasteiger partial charge in [-0.15, -0.1) is 0 Å². The fourth-order valence-electron chi connectivity index (χ4n) is 2.30. The predicted molar refractivity (Wildman–Crippen MR) is 83.8 cm³/mol. The molecule has 0 radical (unpaired) electrons. The van der Waals surface area contributed by atoms with Crippen LogP contribution in [0.2, 0.25) is 5.28 Å². The Balaban J connectivity index is 2.52. The second kappa shape index (κ2) is 6.70. The Morgan fingerprint density at radius 2 is 2.18 bits per heavy atom. The average molecular weight is 323 g/mol.